The molecule has 1 saturated carbocycles. The first-order valence-corrected chi connectivity index (χ1v) is 14.0. The lowest BCUT2D eigenvalue weighted by atomic mass is 9.97. The summed E-state index contributed by atoms with van der Waals surface area (Å²) >= 11 is 3.35. The number of hydrogen-bond donors (Lipinski definition) is 0. The molecular formula is C31H22BrN3O5. The number of ketones is 2. The molecule has 2 amide bonds. The molecule has 0 unspecified atom stereocenters. The first-order chi connectivity index (χ1) is 19.2. The first-order valence-electron chi connectivity index (χ1n) is 13.2. The zero-order valence-corrected chi connectivity index (χ0v) is 23.0. The van der Waals surface area contributed by atoms with Crippen LogP contribution in [-0.2, 0) is 7.05 Å². The van der Waals surface area contributed by atoms with Gasteiger partial charge in [0.05, 0.1) is 27.7 Å². The Hall–Kier alpha value is -4.24. The molecule has 2 aliphatic carbocycles. The van der Waals surface area contributed by atoms with Crippen LogP contribution in [-0.4, -0.2) is 32.9 Å². The summed E-state index contributed by atoms with van der Waals surface area (Å²) in [6.07, 6.45) is 4.49. The van der Waals surface area contributed by atoms with Crippen molar-refractivity contribution < 1.29 is 19.2 Å². The van der Waals surface area contributed by atoms with Crippen molar-refractivity contribution >= 4 is 55.9 Å². The Morgan fingerprint density at radius 1 is 0.800 bits per heavy atom. The molecule has 4 aromatic rings. The van der Waals surface area contributed by atoms with E-state index in [1.165, 1.54) is 23.7 Å². The summed E-state index contributed by atoms with van der Waals surface area (Å²) in [5.74, 6) is -3.07. The zero-order chi connectivity index (χ0) is 27.9. The number of hydrogen-bond acceptors (Lipinski definition) is 6. The second-order valence-electron chi connectivity index (χ2n) is 10.6. The molecule has 198 valence electrons. The largest absolute Gasteiger partial charge is 0.298 e. The van der Waals surface area contributed by atoms with Gasteiger partial charge in [-0.05, 0) is 66.8 Å². The van der Waals surface area contributed by atoms with E-state index in [0.29, 0.717) is 27.0 Å². The molecule has 0 bridgehead atoms. The van der Waals surface area contributed by atoms with Gasteiger partial charge in [0, 0.05) is 22.6 Å². The molecule has 0 saturated heterocycles. The molecule has 40 heavy (non-hydrogen) atoms. The van der Waals surface area contributed by atoms with Gasteiger partial charge >= 0.3 is 0 Å². The quantitative estimate of drug-likeness (QED) is 0.234. The van der Waals surface area contributed by atoms with E-state index >= 15 is 0 Å². The molecule has 3 aliphatic rings. The van der Waals surface area contributed by atoms with Gasteiger partial charge in [-0.1, -0.05) is 40.9 Å². The lowest BCUT2D eigenvalue weighted by Crippen LogP contribution is -2.29. The van der Waals surface area contributed by atoms with E-state index in [0.717, 1.165) is 36.1 Å². The van der Waals surface area contributed by atoms with Crippen molar-refractivity contribution in [3.63, 3.8) is 0 Å². The highest BCUT2D eigenvalue weighted by Crippen LogP contribution is 2.40. The summed E-state index contributed by atoms with van der Waals surface area (Å²) in [5.41, 5.74) is 1.84. The zero-order valence-electron chi connectivity index (χ0n) is 21.4. The summed E-state index contributed by atoms with van der Waals surface area (Å²) in [6.45, 7) is 0. The number of imide groups is 1. The Balaban J connectivity index is 1.27. The van der Waals surface area contributed by atoms with Crippen LogP contribution in [0.1, 0.15) is 90.3 Å². The fourth-order valence-corrected chi connectivity index (χ4v) is 6.65. The third kappa shape index (κ3) is 3.50. The Kier molecular flexibility index (Phi) is 5.51. The number of aromatic nitrogens is 2. The lowest BCUT2D eigenvalue weighted by Gasteiger charge is -2.17. The molecule has 2 heterocycles. The van der Waals surface area contributed by atoms with Gasteiger partial charge in [0.15, 0.2) is 11.6 Å². The number of fused-ring (bicyclic) bond motifs is 3. The average molecular weight is 596 g/mol. The minimum atomic E-state index is -1.34. The Bertz CT molecular complexity index is 1850. The molecule has 3 aromatic carbocycles. The van der Waals surface area contributed by atoms with Gasteiger partial charge in [0.2, 0.25) is 0 Å². The van der Waals surface area contributed by atoms with Crippen LogP contribution in [0.25, 0.3) is 10.9 Å². The minimum Gasteiger partial charge on any atom is -0.298 e. The molecule has 0 N–H and O–H groups in total. The first kappa shape index (κ1) is 24.8. The summed E-state index contributed by atoms with van der Waals surface area (Å²) in [5, 5.41) is 0.350. The second-order valence-corrected chi connectivity index (χ2v) is 11.5. The van der Waals surface area contributed by atoms with Crippen molar-refractivity contribution in [2.24, 2.45) is 7.05 Å². The smallest absolute Gasteiger partial charge is 0.266 e. The molecule has 1 fully saturated rings. The van der Waals surface area contributed by atoms with Gasteiger partial charge in [-0.2, -0.15) is 0 Å². The highest BCUT2D eigenvalue weighted by atomic mass is 79.9. The van der Waals surface area contributed by atoms with Crippen LogP contribution >= 0.6 is 15.9 Å². The maximum absolute atomic E-state index is 13.6. The number of carbonyl (C=O) groups is 4. The van der Waals surface area contributed by atoms with Gasteiger partial charge in [0.1, 0.15) is 11.7 Å². The van der Waals surface area contributed by atoms with Gasteiger partial charge in [0.25, 0.3) is 17.4 Å². The summed E-state index contributed by atoms with van der Waals surface area (Å²) in [7, 11) is 1.47. The SMILES string of the molecule is Cn1c(C2C(=O)c3cc4c(cc3C2=O)C(=O)N(c2cccc(C3CCCC3)c2)C4=O)nc2ccc(Br)cc2c1=O. The molecule has 0 atom stereocenters. The number of anilines is 1. The van der Waals surface area contributed by atoms with E-state index in [1.54, 1.807) is 24.3 Å². The van der Waals surface area contributed by atoms with Crippen molar-refractivity contribution in [3.8, 4) is 0 Å². The van der Waals surface area contributed by atoms with E-state index in [4.69, 9.17) is 0 Å². The molecule has 0 radical (unpaired) electrons. The fourth-order valence-electron chi connectivity index (χ4n) is 6.29. The van der Waals surface area contributed by atoms with E-state index in [9.17, 15) is 24.0 Å². The van der Waals surface area contributed by atoms with Crippen molar-refractivity contribution in [3.05, 3.63) is 103 Å². The highest BCUT2D eigenvalue weighted by Gasteiger charge is 2.46. The molecule has 1 aromatic heterocycles. The van der Waals surface area contributed by atoms with Gasteiger partial charge < -0.3 is 0 Å². The predicted molar refractivity (Wildman–Crippen MR) is 151 cm³/mol. The van der Waals surface area contributed by atoms with Crippen molar-refractivity contribution in [2.45, 2.75) is 37.5 Å². The molecule has 0 spiro atoms. The van der Waals surface area contributed by atoms with Crippen molar-refractivity contribution in [1.29, 1.82) is 0 Å². The van der Waals surface area contributed by atoms with Crippen molar-refractivity contribution in [2.75, 3.05) is 4.90 Å². The van der Waals surface area contributed by atoms with Crippen LogP contribution in [0.4, 0.5) is 5.69 Å². The van der Waals surface area contributed by atoms with Crippen molar-refractivity contribution in [1.82, 2.24) is 9.55 Å². The van der Waals surface area contributed by atoms with Gasteiger partial charge in [-0.3, -0.25) is 28.5 Å². The fraction of sp³-hybridized carbons (Fsp3) is 0.226. The number of rotatable bonds is 3. The number of halogens is 1. The molecule has 7 rings (SSSR count). The van der Waals surface area contributed by atoms with Crippen LogP contribution in [0.2, 0.25) is 0 Å². The van der Waals surface area contributed by atoms with E-state index in [1.807, 2.05) is 18.2 Å². The number of benzene rings is 3. The monoisotopic (exact) mass is 595 g/mol. The average Bonchev–Trinajstić information content (AvgIpc) is 3.64. The molecular weight excluding hydrogens is 574 g/mol. The molecule has 1 aliphatic heterocycles. The Morgan fingerprint density at radius 2 is 1.45 bits per heavy atom. The third-order valence-corrected chi connectivity index (χ3v) is 8.86. The van der Waals surface area contributed by atoms with E-state index < -0.39 is 29.3 Å². The van der Waals surface area contributed by atoms with Crippen LogP contribution in [0.3, 0.4) is 0 Å². The van der Waals surface area contributed by atoms with E-state index in [2.05, 4.69) is 20.9 Å². The normalized spacial score (nSPS) is 17.4. The Labute approximate surface area is 236 Å². The maximum atomic E-state index is 13.6. The number of nitrogens with zero attached hydrogens (tertiary/aromatic N) is 3. The number of amides is 2. The number of carbonyl (C=O) groups excluding carboxylic acids is 4. The van der Waals surface area contributed by atoms with Crippen LogP contribution in [0.15, 0.2) is 63.9 Å². The topological polar surface area (TPSA) is 106 Å². The predicted octanol–water partition coefficient (Wildman–Crippen LogP) is 5.32. The van der Waals surface area contributed by atoms with Gasteiger partial charge in [-0.25, -0.2) is 9.88 Å². The summed E-state index contributed by atoms with van der Waals surface area (Å²) in [4.78, 5) is 72.9. The van der Waals surface area contributed by atoms with Crippen LogP contribution in [0, 0.1) is 0 Å². The summed E-state index contributed by atoms with van der Waals surface area (Å²) < 4.78 is 1.92. The second kappa shape index (κ2) is 8.89. The minimum absolute atomic E-state index is 0.0224. The summed E-state index contributed by atoms with van der Waals surface area (Å²) in [6, 6.07) is 15.2. The number of Topliss-reactive ketones (excluding diaryl/α,β-unsaturated/α-hetero) is 2. The Morgan fingerprint density at radius 3 is 2.10 bits per heavy atom. The van der Waals surface area contributed by atoms with Gasteiger partial charge in [-0.15, -0.1) is 0 Å². The molecule has 8 nitrogen and oxygen atoms in total. The maximum Gasteiger partial charge on any atom is 0.266 e. The molecule has 9 heteroatoms. The third-order valence-electron chi connectivity index (χ3n) is 8.37. The standard InChI is InChI=1S/C31H22BrN3O5/c1-34-28(33-24-10-9-17(32)12-23(24)29(34)38)25-26(36)19-13-21-22(14-20(19)27(25)37)31(40)35(30(21)39)18-8-4-7-16(11-18)15-5-2-3-6-15/h4,7-15,25H,2-3,5-6H2,1H3. The van der Waals surface area contributed by atoms with Crippen LogP contribution < -0.4 is 10.5 Å². The highest BCUT2D eigenvalue weighted by molar-refractivity contribution is 9.10. The van der Waals surface area contributed by atoms with E-state index in [-0.39, 0.29) is 33.6 Å². The lowest BCUT2D eigenvalue weighted by molar-refractivity contribution is 0.0880. The van der Waals surface area contributed by atoms with Crippen LogP contribution in [0.5, 0.6) is 0 Å².